The van der Waals surface area contributed by atoms with Crippen molar-refractivity contribution in [1.82, 2.24) is 20.0 Å². The number of aliphatic hydroxyl groups is 5. The molecule has 0 saturated carbocycles. The quantitative estimate of drug-likeness (QED) is 0.0725. The Bertz CT molecular complexity index is 1830. The van der Waals surface area contributed by atoms with Crippen LogP contribution in [0.4, 0.5) is 0 Å². The van der Waals surface area contributed by atoms with Crippen molar-refractivity contribution in [2.75, 3.05) is 53.9 Å². The van der Waals surface area contributed by atoms with Crippen LogP contribution in [-0.4, -0.2) is 196 Å². The van der Waals surface area contributed by atoms with Crippen LogP contribution in [0.2, 0.25) is 0 Å². The zero-order chi connectivity index (χ0) is 53.0. The second-order valence-corrected chi connectivity index (χ2v) is 22.2. The van der Waals surface area contributed by atoms with Crippen molar-refractivity contribution in [3.05, 3.63) is 35.9 Å². The topological polar surface area (TPSA) is 219 Å². The fraction of sp³-hybridized carbons (Fsp3) is 0.830. The Hall–Kier alpha value is -2.61. The van der Waals surface area contributed by atoms with Crippen LogP contribution in [-0.2, 0) is 39.6 Å². The maximum absolute atomic E-state index is 14.6. The molecule has 3 saturated heterocycles. The first kappa shape index (κ1) is 60.9. The number of aliphatic hydroxyl groups excluding tert-OH is 3. The third kappa shape index (κ3) is 16.2. The summed E-state index contributed by atoms with van der Waals surface area (Å²) in [5.41, 5.74) is -3.39. The highest BCUT2D eigenvalue weighted by atomic mass is 32.1. The Balaban J connectivity index is 1.72. The molecule has 6 N–H and O–H groups in total. The first-order valence-corrected chi connectivity index (χ1v) is 26.4. The Morgan fingerprint density at radius 2 is 1.65 bits per heavy atom. The minimum absolute atomic E-state index is 0.102. The van der Waals surface area contributed by atoms with E-state index in [0.717, 1.165) is 12.8 Å². The molecule has 0 radical (unpaired) electrons. The number of nitriles is 1. The van der Waals surface area contributed by atoms with Crippen molar-refractivity contribution in [3.8, 4) is 6.07 Å². The van der Waals surface area contributed by atoms with Gasteiger partial charge >= 0.3 is 5.97 Å². The minimum atomic E-state index is -1.92. The van der Waals surface area contributed by atoms with Gasteiger partial charge in [0.25, 0.3) is 0 Å². The van der Waals surface area contributed by atoms with E-state index in [9.17, 15) is 35.6 Å². The number of nitrogens with zero attached hydrogens (tertiary/aromatic N) is 4. The molecule has 71 heavy (non-hydrogen) atoms. The molecule has 18 atom stereocenters. The molecule has 3 aliphatic rings. The maximum atomic E-state index is 14.6. The summed E-state index contributed by atoms with van der Waals surface area (Å²) in [7, 11) is 5.27. The van der Waals surface area contributed by atoms with Gasteiger partial charge in [0.2, 0.25) is 0 Å². The summed E-state index contributed by atoms with van der Waals surface area (Å²) in [6.07, 6.45) is -6.35. The number of esters is 1. The van der Waals surface area contributed by atoms with Gasteiger partial charge in [-0.25, -0.2) is 0 Å². The number of nitrogens with one attached hydrogen (secondary N) is 1. The molecule has 4 rings (SSSR count). The fourth-order valence-corrected chi connectivity index (χ4v) is 11.4. The molecule has 0 aromatic heterocycles. The van der Waals surface area contributed by atoms with Gasteiger partial charge < -0.3 is 69.1 Å². The number of cyclic esters (lactones) is 1. The highest BCUT2D eigenvalue weighted by Gasteiger charge is 2.53. The number of methoxy groups -OCH3 is 1. The summed E-state index contributed by atoms with van der Waals surface area (Å²) in [6.45, 7) is 20.1. The highest BCUT2D eigenvalue weighted by molar-refractivity contribution is 7.80. The lowest BCUT2D eigenvalue weighted by molar-refractivity contribution is -0.318. The van der Waals surface area contributed by atoms with E-state index in [-0.39, 0.29) is 43.7 Å². The van der Waals surface area contributed by atoms with Gasteiger partial charge in [0.1, 0.15) is 30.0 Å². The van der Waals surface area contributed by atoms with Crippen LogP contribution in [0, 0.1) is 29.1 Å². The lowest BCUT2D eigenvalue weighted by atomic mass is 9.77. The Morgan fingerprint density at radius 1 is 0.972 bits per heavy atom. The van der Waals surface area contributed by atoms with Crippen molar-refractivity contribution in [1.29, 1.82) is 5.26 Å². The molecule has 0 aliphatic carbocycles. The molecule has 3 aliphatic heterocycles. The zero-order valence-corrected chi connectivity index (χ0v) is 45.8. The molecule has 406 valence electrons. The van der Waals surface area contributed by atoms with Crippen molar-refractivity contribution < 1.29 is 58.7 Å². The molecule has 3 fully saturated rings. The van der Waals surface area contributed by atoms with Gasteiger partial charge in [0.05, 0.1) is 54.0 Å². The minimum Gasteiger partial charge on any atom is -0.459 e. The molecular formula is C53H91N5O12S. The maximum Gasteiger partial charge on any atom is 0.311 e. The number of carbonyl (C=O) groups is 1. The van der Waals surface area contributed by atoms with E-state index in [4.69, 9.17) is 40.6 Å². The molecule has 0 amide bonds. The fourth-order valence-electron chi connectivity index (χ4n) is 11.1. The third-order valence-electron chi connectivity index (χ3n) is 15.5. The second kappa shape index (κ2) is 27.3. The summed E-state index contributed by atoms with van der Waals surface area (Å²) in [4.78, 5) is 20.6. The number of rotatable bonds is 17. The number of hydrogen-bond acceptors (Lipinski definition) is 16. The van der Waals surface area contributed by atoms with Crippen molar-refractivity contribution in [3.63, 3.8) is 0 Å². The monoisotopic (exact) mass is 1020 g/mol. The van der Waals surface area contributed by atoms with Crippen LogP contribution in [0.5, 0.6) is 0 Å². The van der Waals surface area contributed by atoms with E-state index in [1.54, 1.807) is 34.6 Å². The van der Waals surface area contributed by atoms with Crippen LogP contribution in [0.15, 0.2) is 30.3 Å². The summed E-state index contributed by atoms with van der Waals surface area (Å²) < 4.78 is 38.3. The Labute approximate surface area is 430 Å². The number of benzene rings is 1. The van der Waals surface area contributed by atoms with E-state index in [1.807, 2.05) is 69.8 Å². The lowest BCUT2D eigenvalue weighted by Crippen LogP contribution is -2.60. The standard InChI is InChI=1S/C53H91N5O12S/c1-14-41-53(10,64)45(60)37(6)58(28-20-27-57(26-19-24-54)50(71)55-25-18-23-39-21-16-15-17-22-39)32-33(2)30-51(8,63)47(70-49-43(59)40(56(11)12)29-34(3)66-49)35(4)44(36(5)48(62)68-41)69-42-31-52(9,65-13)46(61)38(7)67-42/h15-17,21-22,33-38,40-47,49,59-61,63-64H,14,18-20,23,25-32H2,1-13H3,(H,55,71)/t33-,34-,35+,36-,37-,38+,40+,41-,42-,43-,44+,45-,46+,47-,49+,51-,52-,53-/m1/s1. The summed E-state index contributed by atoms with van der Waals surface area (Å²) in [5, 5.41) is 73.9. The molecular weight excluding hydrogens is 931 g/mol. The van der Waals surface area contributed by atoms with E-state index >= 15 is 0 Å². The van der Waals surface area contributed by atoms with Gasteiger partial charge in [0.15, 0.2) is 17.7 Å². The molecule has 18 heteroatoms. The van der Waals surface area contributed by atoms with E-state index in [0.29, 0.717) is 50.7 Å². The Morgan fingerprint density at radius 3 is 2.27 bits per heavy atom. The normalized spacial score (nSPS) is 39.2. The molecule has 0 unspecified atom stereocenters. The van der Waals surface area contributed by atoms with Crippen molar-refractivity contribution >= 4 is 23.3 Å². The third-order valence-corrected chi connectivity index (χ3v) is 15.9. The van der Waals surface area contributed by atoms with Crippen molar-refractivity contribution in [2.45, 2.75) is 211 Å². The van der Waals surface area contributed by atoms with Crippen LogP contribution in [0.1, 0.15) is 120 Å². The number of likely N-dealkylation sites (N-methyl/N-ethyl adjacent to an activating group) is 1. The predicted molar refractivity (Wildman–Crippen MR) is 275 cm³/mol. The van der Waals surface area contributed by atoms with E-state index < -0.39 is 96.0 Å². The van der Waals surface area contributed by atoms with Gasteiger partial charge in [-0.1, -0.05) is 51.1 Å². The molecule has 1 aromatic rings. The van der Waals surface area contributed by atoms with Crippen LogP contribution < -0.4 is 5.32 Å². The first-order valence-electron chi connectivity index (χ1n) is 26.0. The van der Waals surface area contributed by atoms with Gasteiger partial charge in [0, 0.05) is 64.3 Å². The molecule has 0 spiro atoms. The average molecular weight is 1020 g/mol. The van der Waals surface area contributed by atoms with Crippen LogP contribution >= 0.6 is 12.2 Å². The largest absolute Gasteiger partial charge is 0.459 e. The molecule has 1 aromatic carbocycles. The first-order chi connectivity index (χ1) is 33.3. The number of aryl methyl sites for hydroxylation is 1. The Kier molecular flexibility index (Phi) is 23.4. The number of ether oxygens (including phenoxy) is 6. The molecule has 3 heterocycles. The number of thiocarbonyl (C=S) groups is 1. The van der Waals surface area contributed by atoms with Crippen LogP contribution in [0.25, 0.3) is 0 Å². The summed E-state index contributed by atoms with van der Waals surface area (Å²) >= 11 is 5.85. The highest BCUT2D eigenvalue weighted by Crippen LogP contribution is 2.40. The number of carbonyl (C=O) groups excluding carboxylic acids is 1. The predicted octanol–water partition coefficient (Wildman–Crippen LogP) is 4.38. The van der Waals surface area contributed by atoms with Gasteiger partial charge in [-0.2, -0.15) is 5.26 Å². The van der Waals surface area contributed by atoms with Gasteiger partial charge in [-0.15, -0.1) is 0 Å². The van der Waals surface area contributed by atoms with Crippen LogP contribution in [0.3, 0.4) is 0 Å². The molecule has 17 nitrogen and oxygen atoms in total. The second-order valence-electron chi connectivity index (χ2n) is 21.8. The average Bonchev–Trinajstić information content (AvgIpc) is 3.32. The zero-order valence-electron chi connectivity index (χ0n) is 45.0. The number of hydrogen-bond donors (Lipinski definition) is 6. The SMILES string of the molecule is CC[C@H]1OC(=O)[C@H](C)[C@@H](O[C@@H]2C[C@@](C)(OC)[C@@H](O)[C@H](C)O2)[C@H](C)[C@@H](O[C@@H]2O[C@H](C)C[C@H](N(C)C)[C@H]2O)[C@](C)(O)C[C@@H](C)CN(CCCN(CCC#N)C(=S)NCCCc2ccccc2)[C@H](C)[C@@H](O)[C@]1(C)O. The lowest BCUT2D eigenvalue weighted by Gasteiger charge is -2.48. The summed E-state index contributed by atoms with van der Waals surface area (Å²) in [5.74, 6) is -2.86. The molecule has 0 bridgehead atoms. The van der Waals surface area contributed by atoms with E-state index in [1.165, 1.54) is 19.6 Å². The summed E-state index contributed by atoms with van der Waals surface area (Å²) in [6, 6.07) is 11.5. The van der Waals surface area contributed by atoms with Gasteiger partial charge in [-0.05, 0) is 125 Å². The van der Waals surface area contributed by atoms with Gasteiger partial charge in [-0.3, -0.25) is 9.69 Å². The smallest absolute Gasteiger partial charge is 0.311 e. The van der Waals surface area contributed by atoms with E-state index in [2.05, 4.69) is 28.4 Å². The van der Waals surface area contributed by atoms with Crippen molar-refractivity contribution in [2.24, 2.45) is 17.8 Å².